The minimum Gasteiger partial charge on any atom is -0.489 e. The van der Waals surface area contributed by atoms with E-state index in [-0.39, 0.29) is 35.5 Å². The Morgan fingerprint density at radius 2 is 1.42 bits per heavy atom. The first kappa shape index (κ1) is 20.9. The lowest BCUT2D eigenvalue weighted by molar-refractivity contribution is 0.291. The van der Waals surface area contributed by atoms with Gasteiger partial charge in [0.1, 0.15) is 47.0 Å². The van der Waals surface area contributed by atoms with Crippen LogP contribution in [0.1, 0.15) is 16.7 Å². The fourth-order valence-corrected chi connectivity index (χ4v) is 3.24. The molecule has 1 aromatic heterocycles. The van der Waals surface area contributed by atoms with E-state index in [1.165, 1.54) is 24.3 Å². The van der Waals surface area contributed by atoms with Crippen molar-refractivity contribution in [2.45, 2.75) is 20.1 Å². The molecule has 0 atom stereocenters. The Kier molecular flexibility index (Phi) is 5.91. The second-order valence-electron chi connectivity index (χ2n) is 6.95. The molecular weight excluding hydrogens is 426 g/mol. The normalized spacial score (nSPS) is 11.0. The highest BCUT2D eigenvalue weighted by Gasteiger charge is 2.16. The molecular formula is C24H17ClF2O4. The lowest BCUT2D eigenvalue weighted by atomic mass is 10.1. The largest absolute Gasteiger partial charge is 0.489 e. The molecule has 1 heterocycles. The van der Waals surface area contributed by atoms with Crippen molar-refractivity contribution < 1.29 is 22.7 Å². The molecule has 0 bridgehead atoms. The van der Waals surface area contributed by atoms with Crippen LogP contribution in [0.25, 0.3) is 11.0 Å². The zero-order valence-corrected chi connectivity index (χ0v) is 17.2. The van der Waals surface area contributed by atoms with Crippen molar-refractivity contribution in [3.8, 4) is 11.5 Å². The summed E-state index contributed by atoms with van der Waals surface area (Å²) in [5.41, 5.74) is 1.65. The van der Waals surface area contributed by atoms with E-state index in [2.05, 4.69) is 0 Å². The van der Waals surface area contributed by atoms with Gasteiger partial charge in [-0.1, -0.05) is 35.9 Å². The summed E-state index contributed by atoms with van der Waals surface area (Å²) in [4.78, 5) is 12.0. The number of hydrogen-bond acceptors (Lipinski definition) is 4. The zero-order chi connectivity index (χ0) is 22.0. The summed E-state index contributed by atoms with van der Waals surface area (Å²) < 4.78 is 43.4. The minimum atomic E-state index is -0.660. The Morgan fingerprint density at radius 3 is 2.00 bits per heavy atom. The highest BCUT2D eigenvalue weighted by molar-refractivity contribution is 6.32. The molecule has 0 fully saturated rings. The third-order valence-corrected chi connectivity index (χ3v) is 5.19. The molecule has 0 aliphatic heterocycles. The van der Waals surface area contributed by atoms with Crippen LogP contribution in [0, 0.1) is 18.6 Å². The molecule has 0 amide bonds. The number of ether oxygens (including phenoxy) is 2. The molecule has 4 rings (SSSR count). The third kappa shape index (κ3) is 4.70. The maximum Gasteiger partial charge on any atom is 0.355 e. The van der Waals surface area contributed by atoms with Gasteiger partial charge in [-0.3, -0.25) is 0 Å². The summed E-state index contributed by atoms with van der Waals surface area (Å²) in [6.45, 7) is 2.04. The van der Waals surface area contributed by atoms with Crippen molar-refractivity contribution in [3.05, 3.63) is 104 Å². The maximum atomic E-state index is 13.2. The number of rotatable bonds is 6. The van der Waals surface area contributed by atoms with Crippen LogP contribution in [0.4, 0.5) is 8.78 Å². The lowest BCUT2D eigenvalue weighted by Gasteiger charge is -2.14. The molecule has 0 aliphatic rings. The number of benzene rings is 3. The van der Waals surface area contributed by atoms with Gasteiger partial charge in [-0.15, -0.1) is 0 Å². The summed E-state index contributed by atoms with van der Waals surface area (Å²) in [7, 11) is 0. The van der Waals surface area contributed by atoms with E-state index in [9.17, 15) is 13.6 Å². The topological polar surface area (TPSA) is 48.7 Å². The number of halogens is 3. The van der Waals surface area contributed by atoms with E-state index < -0.39 is 5.63 Å². The summed E-state index contributed by atoms with van der Waals surface area (Å²) >= 11 is 6.09. The van der Waals surface area contributed by atoms with Gasteiger partial charge in [0.25, 0.3) is 0 Å². The molecule has 3 aromatic carbocycles. The van der Waals surface area contributed by atoms with E-state index in [4.69, 9.17) is 25.5 Å². The van der Waals surface area contributed by atoms with Crippen LogP contribution in [-0.4, -0.2) is 0 Å². The van der Waals surface area contributed by atoms with E-state index >= 15 is 0 Å². The quantitative estimate of drug-likeness (QED) is 0.334. The van der Waals surface area contributed by atoms with Crippen molar-refractivity contribution in [2.75, 3.05) is 0 Å². The summed E-state index contributed by atoms with van der Waals surface area (Å²) in [5, 5.41) is 0.514. The molecule has 0 saturated carbocycles. The zero-order valence-electron chi connectivity index (χ0n) is 16.5. The smallest absolute Gasteiger partial charge is 0.355 e. The van der Waals surface area contributed by atoms with E-state index in [0.29, 0.717) is 22.4 Å². The van der Waals surface area contributed by atoms with Crippen molar-refractivity contribution in [3.63, 3.8) is 0 Å². The van der Waals surface area contributed by atoms with Crippen LogP contribution in [0.3, 0.4) is 0 Å². The van der Waals surface area contributed by atoms with E-state index in [1.807, 2.05) is 0 Å². The molecule has 0 spiro atoms. The van der Waals surface area contributed by atoms with Gasteiger partial charge in [-0.05, 0) is 47.9 Å². The van der Waals surface area contributed by atoms with Crippen LogP contribution in [-0.2, 0) is 13.2 Å². The van der Waals surface area contributed by atoms with Crippen LogP contribution < -0.4 is 15.1 Å². The standard InChI is InChI=1S/C24H17ClF2O4/c1-14-22-20(30-13-16-4-8-18(27)9-5-16)10-19(11-21(22)31-24(28)23(14)25)29-12-15-2-6-17(26)7-3-15/h2-11H,12-13H2,1H3. The molecule has 4 aromatic rings. The average molecular weight is 443 g/mol. The maximum absolute atomic E-state index is 13.2. The Hall–Kier alpha value is -3.38. The molecule has 158 valence electrons. The first-order valence-corrected chi connectivity index (χ1v) is 9.80. The van der Waals surface area contributed by atoms with Gasteiger partial charge >= 0.3 is 5.63 Å². The van der Waals surface area contributed by atoms with Crippen LogP contribution in [0.15, 0.2) is 69.9 Å². The van der Waals surface area contributed by atoms with Gasteiger partial charge in [0.15, 0.2) is 0 Å². The Labute approximate surface area is 181 Å². The highest BCUT2D eigenvalue weighted by Crippen LogP contribution is 2.35. The van der Waals surface area contributed by atoms with Gasteiger partial charge in [0, 0.05) is 12.1 Å². The Bertz CT molecular complexity index is 1280. The number of hydrogen-bond donors (Lipinski definition) is 0. The molecule has 0 radical (unpaired) electrons. The van der Waals surface area contributed by atoms with E-state index in [1.54, 1.807) is 43.3 Å². The Balaban J connectivity index is 1.68. The number of fused-ring (bicyclic) bond motifs is 1. The van der Waals surface area contributed by atoms with Crippen molar-refractivity contribution in [1.82, 2.24) is 0 Å². The van der Waals surface area contributed by atoms with E-state index in [0.717, 1.165) is 11.1 Å². The fourth-order valence-electron chi connectivity index (χ4n) is 3.11. The summed E-state index contributed by atoms with van der Waals surface area (Å²) in [5.74, 6) is 0.129. The molecule has 0 N–H and O–H groups in total. The number of aryl methyl sites for hydroxylation is 1. The van der Waals surface area contributed by atoms with Crippen LogP contribution >= 0.6 is 11.6 Å². The van der Waals surface area contributed by atoms with Gasteiger partial charge in [-0.2, -0.15) is 0 Å². The van der Waals surface area contributed by atoms with Gasteiger partial charge < -0.3 is 13.9 Å². The minimum absolute atomic E-state index is 0.0286. The predicted molar refractivity (Wildman–Crippen MR) is 114 cm³/mol. The monoisotopic (exact) mass is 442 g/mol. The molecule has 7 heteroatoms. The van der Waals surface area contributed by atoms with Crippen LogP contribution in [0.2, 0.25) is 5.02 Å². The van der Waals surface area contributed by atoms with Gasteiger partial charge in [-0.25, -0.2) is 13.6 Å². The van der Waals surface area contributed by atoms with Crippen molar-refractivity contribution in [2.24, 2.45) is 0 Å². The average Bonchev–Trinajstić information content (AvgIpc) is 2.76. The third-order valence-electron chi connectivity index (χ3n) is 4.75. The molecule has 0 saturated heterocycles. The van der Waals surface area contributed by atoms with Crippen LogP contribution in [0.5, 0.6) is 11.5 Å². The molecule has 4 nitrogen and oxygen atoms in total. The molecule has 0 unspecified atom stereocenters. The SMILES string of the molecule is Cc1c(Cl)c(=O)oc2cc(OCc3ccc(F)cc3)cc(OCc3ccc(F)cc3)c12. The molecule has 31 heavy (non-hydrogen) atoms. The first-order valence-electron chi connectivity index (χ1n) is 9.42. The second-order valence-corrected chi connectivity index (χ2v) is 7.33. The van der Waals surface area contributed by atoms with Gasteiger partial charge in [0.2, 0.25) is 0 Å². The fraction of sp³-hybridized carbons (Fsp3) is 0.125. The molecule has 0 aliphatic carbocycles. The lowest BCUT2D eigenvalue weighted by Crippen LogP contribution is -2.05. The highest BCUT2D eigenvalue weighted by atomic mass is 35.5. The van der Waals surface area contributed by atoms with Crippen molar-refractivity contribution in [1.29, 1.82) is 0 Å². The van der Waals surface area contributed by atoms with Gasteiger partial charge in [0.05, 0.1) is 5.39 Å². The summed E-state index contributed by atoms with van der Waals surface area (Å²) in [6.07, 6.45) is 0. The second kappa shape index (κ2) is 8.78. The van der Waals surface area contributed by atoms with Crippen molar-refractivity contribution >= 4 is 22.6 Å². The first-order chi connectivity index (χ1) is 14.9. The predicted octanol–water partition coefficient (Wildman–Crippen LogP) is 6.19. The summed E-state index contributed by atoms with van der Waals surface area (Å²) in [6, 6.07) is 15.1. The Morgan fingerprint density at radius 1 is 0.871 bits per heavy atom.